The van der Waals surface area contributed by atoms with E-state index in [1.807, 2.05) is 0 Å². The molecule has 1 unspecified atom stereocenters. The number of halogens is 3. The molecule has 1 rings (SSSR count). The predicted molar refractivity (Wildman–Crippen MR) is 63.7 cm³/mol. The number of carboxylic acids is 1. The van der Waals surface area contributed by atoms with Crippen molar-refractivity contribution in [3.8, 4) is 0 Å². The third-order valence-corrected chi connectivity index (χ3v) is 2.96. The van der Waals surface area contributed by atoms with Crippen LogP contribution in [0.1, 0.15) is 13.3 Å². The Labute approximate surface area is 106 Å². The minimum Gasteiger partial charge on any atom is -0.480 e. The zero-order chi connectivity index (χ0) is 13.8. The molecule has 0 fully saturated rings. The fourth-order valence-corrected chi connectivity index (χ4v) is 1.96. The van der Waals surface area contributed by atoms with Crippen LogP contribution >= 0.6 is 11.8 Å². The summed E-state index contributed by atoms with van der Waals surface area (Å²) in [5, 5.41) is 11.5. The van der Waals surface area contributed by atoms with Crippen molar-refractivity contribution in [1.29, 1.82) is 0 Å². The van der Waals surface area contributed by atoms with Crippen LogP contribution in [-0.4, -0.2) is 22.6 Å². The average Bonchev–Trinajstić information content (AvgIpc) is 2.25. The summed E-state index contributed by atoms with van der Waals surface area (Å²) in [5.74, 6) is -1.09. The van der Waals surface area contributed by atoms with Gasteiger partial charge in [0.25, 0.3) is 0 Å². The first kappa shape index (κ1) is 14.7. The van der Waals surface area contributed by atoms with Gasteiger partial charge in [-0.3, -0.25) is 0 Å². The van der Waals surface area contributed by atoms with Crippen molar-refractivity contribution >= 4 is 23.4 Å². The van der Waals surface area contributed by atoms with Gasteiger partial charge >= 0.3 is 11.5 Å². The molecule has 7 heteroatoms. The number of para-hydroxylation sites is 1. The maximum Gasteiger partial charge on any atom is 0.446 e. The van der Waals surface area contributed by atoms with Crippen molar-refractivity contribution in [2.45, 2.75) is 29.8 Å². The molecule has 0 radical (unpaired) electrons. The van der Waals surface area contributed by atoms with Crippen molar-refractivity contribution < 1.29 is 23.1 Å². The van der Waals surface area contributed by atoms with Crippen molar-refractivity contribution in [1.82, 2.24) is 0 Å². The molecule has 0 aliphatic carbocycles. The fourth-order valence-electron chi connectivity index (χ4n) is 1.33. The largest absolute Gasteiger partial charge is 0.480 e. The molecule has 1 aromatic rings. The van der Waals surface area contributed by atoms with E-state index in [4.69, 9.17) is 5.11 Å². The molecule has 18 heavy (non-hydrogen) atoms. The van der Waals surface area contributed by atoms with Crippen molar-refractivity contribution in [3.05, 3.63) is 24.3 Å². The van der Waals surface area contributed by atoms with E-state index in [2.05, 4.69) is 5.32 Å². The standard InChI is InChI=1S/C11H12F3NO2S/c1-2-7(10(16)17)15-8-5-3-4-6-9(8)18-11(12,13)14/h3-7,15H,2H2,1H3,(H,16,17). The molecule has 3 nitrogen and oxygen atoms in total. The SMILES string of the molecule is CCC(Nc1ccccc1SC(F)(F)F)C(=O)O. The van der Waals surface area contributed by atoms with E-state index in [1.165, 1.54) is 18.2 Å². The number of aliphatic carboxylic acids is 1. The Balaban J connectivity index is 2.91. The Hall–Kier alpha value is -1.37. The Kier molecular flexibility index (Phi) is 4.89. The number of carbonyl (C=O) groups is 1. The maximum atomic E-state index is 12.3. The van der Waals surface area contributed by atoms with E-state index >= 15 is 0 Å². The van der Waals surface area contributed by atoms with Crippen LogP contribution in [0, 0.1) is 0 Å². The summed E-state index contributed by atoms with van der Waals surface area (Å²) < 4.78 is 37.0. The van der Waals surface area contributed by atoms with Crippen molar-refractivity contribution in [3.63, 3.8) is 0 Å². The predicted octanol–water partition coefficient (Wildman–Crippen LogP) is 3.57. The molecular formula is C11H12F3NO2S. The maximum absolute atomic E-state index is 12.3. The van der Waals surface area contributed by atoms with Gasteiger partial charge in [-0.05, 0) is 30.3 Å². The Morgan fingerprint density at radius 2 is 2.06 bits per heavy atom. The average molecular weight is 279 g/mol. The molecule has 0 aliphatic rings. The van der Waals surface area contributed by atoms with Gasteiger partial charge in [-0.1, -0.05) is 19.1 Å². The number of rotatable bonds is 5. The van der Waals surface area contributed by atoms with Crippen LogP contribution in [0.4, 0.5) is 18.9 Å². The number of carboxylic acid groups (broad SMARTS) is 1. The highest BCUT2D eigenvalue weighted by Gasteiger charge is 2.30. The Morgan fingerprint density at radius 1 is 1.44 bits per heavy atom. The number of hydrogen-bond acceptors (Lipinski definition) is 3. The van der Waals surface area contributed by atoms with Gasteiger partial charge in [0, 0.05) is 10.6 Å². The van der Waals surface area contributed by atoms with Gasteiger partial charge in [-0.25, -0.2) is 4.79 Å². The van der Waals surface area contributed by atoms with Crippen LogP contribution in [0.25, 0.3) is 0 Å². The lowest BCUT2D eigenvalue weighted by Crippen LogP contribution is -2.28. The van der Waals surface area contributed by atoms with E-state index in [0.29, 0.717) is 0 Å². The van der Waals surface area contributed by atoms with Crippen molar-refractivity contribution in [2.24, 2.45) is 0 Å². The third kappa shape index (κ3) is 4.48. The van der Waals surface area contributed by atoms with Crippen LogP contribution in [0.2, 0.25) is 0 Å². The summed E-state index contributed by atoms with van der Waals surface area (Å²) in [6, 6.07) is 4.85. The van der Waals surface area contributed by atoms with E-state index in [9.17, 15) is 18.0 Å². The molecule has 0 aliphatic heterocycles. The molecule has 0 bridgehead atoms. The van der Waals surface area contributed by atoms with Crippen LogP contribution in [0.3, 0.4) is 0 Å². The highest BCUT2D eigenvalue weighted by molar-refractivity contribution is 8.00. The monoisotopic (exact) mass is 279 g/mol. The van der Waals surface area contributed by atoms with Gasteiger partial charge in [0.2, 0.25) is 0 Å². The lowest BCUT2D eigenvalue weighted by Gasteiger charge is -2.17. The molecule has 2 N–H and O–H groups in total. The van der Waals surface area contributed by atoms with Crippen LogP contribution in [-0.2, 0) is 4.79 Å². The zero-order valence-electron chi connectivity index (χ0n) is 9.49. The van der Waals surface area contributed by atoms with Crippen LogP contribution < -0.4 is 5.32 Å². The molecule has 0 saturated heterocycles. The fraction of sp³-hybridized carbons (Fsp3) is 0.364. The minimum atomic E-state index is -4.40. The second-order valence-corrected chi connectivity index (χ2v) is 4.59. The summed E-state index contributed by atoms with van der Waals surface area (Å²) >= 11 is -0.264. The summed E-state index contributed by atoms with van der Waals surface area (Å²) in [7, 11) is 0. The Morgan fingerprint density at radius 3 is 2.56 bits per heavy atom. The van der Waals surface area contributed by atoms with Gasteiger partial charge in [-0.15, -0.1) is 0 Å². The number of alkyl halides is 3. The summed E-state index contributed by atoms with van der Waals surface area (Å²) in [6.45, 7) is 1.64. The summed E-state index contributed by atoms with van der Waals surface area (Å²) in [5.41, 5.74) is -4.23. The van der Waals surface area contributed by atoms with Gasteiger partial charge in [-0.2, -0.15) is 13.2 Å². The second-order valence-electron chi connectivity index (χ2n) is 3.49. The van der Waals surface area contributed by atoms with Gasteiger partial charge in [0.15, 0.2) is 0 Å². The molecular weight excluding hydrogens is 267 g/mol. The number of anilines is 1. The van der Waals surface area contributed by atoms with Crippen LogP contribution in [0.15, 0.2) is 29.2 Å². The first-order valence-electron chi connectivity index (χ1n) is 5.17. The second kappa shape index (κ2) is 5.99. The van der Waals surface area contributed by atoms with Gasteiger partial charge in [0.05, 0.1) is 0 Å². The summed E-state index contributed by atoms with van der Waals surface area (Å²) in [6.07, 6.45) is 0.278. The van der Waals surface area contributed by atoms with E-state index in [1.54, 1.807) is 13.0 Å². The molecule has 1 atom stereocenters. The van der Waals surface area contributed by atoms with E-state index in [0.717, 1.165) is 0 Å². The van der Waals surface area contributed by atoms with E-state index in [-0.39, 0.29) is 28.8 Å². The third-order valence-electron chi connectivity index (χ3n) is 2.15. The quantitative estimate of drug-likeness (QED) is 0.809. The topological polar surface area (TPSA) is 49.3 Å². The molecule has 0 heterocycles. The Bertz CT molecular complexity index is 423. The van der Waals surface area contributed by atoms with Gasteiger partial charge in [0.1, 0.15) is 6.04 Å². The highest BCUT2D eigenvalue weighted by Crippen LogP contribution is 2.40. The zero-order valence-corrected chi connectivity index (χ0v) is 10.3. The smallest absolute Gasteiger partial charge is 0.446 e. The first-order valence-corrected chi connectivity index (χ1v) is 5.99. The van der Waals surface area contributed by atoms with Crippen molar-refractivity contribution in [2.75, 3.05) is 5.32 Å². The normalized spacial score (nSPS) is 13.1. The molecule has 0 aromatic heterocycles. The number of hydrogen-bond donors (Lipinski definition) is 2. The summed E-state index contributed by atoms with van der Waals surface area (Å²) in [4.78, 5) is 10.8. The number of benzene rings is 1. The minimum absolute atomic E-state index is 0.0373. The molecule has 100 valence electrons. The molecule has 1 aromatic carbocycles. The lowest BCUT2D eigenvalue weighted by molar-refractivity contribution is -0.137. The van der Waals surface area contributed by atoms with E-state index < -0.39 is 17.5 Å². The number of nitrogens with one attached hydrogen (secondary N) is 1. The van der Waals surface area contributed by atoms with Gasteiger partial charge < -0.3 is 10.4 Å². The highest BCUT2D eigenvalue weighted by atomic mass is 32.2. The molecule has 0 saturated carbocycles. The number of thioether (sulfide) groups is 1. The van der Waals surface area contributed by atoms with Crippen LogP contribution in [0.5, 0.6) is 0 Å². The first-order chi connectivity index (χ1) is 8.33. The lowest BCUT2D eigenvalue weighted by atomic mass is 10.2. The molecule has 0 amide bonds. The molecule has 0 spiro atoms.